The molecule has 3 N–H and O–H groups in total. The van der Waals surface area contributed by atoms with Crippen LogP contribution in [-0.4, -0.2) is 12.5 Å². The molecule has 0 saturated heterocycles. The standard InChI is InChI=1S/C19H22N2O2/c20-13-14-6-4-11-18(14)19(22)21-15-7-5-10-17(12-15)23-16-8-2-1-3-9-16/h1-3,5,7-10,12,14,18H,4,6,11,13,20H2,(H,21,22)/t14-,18-/m1/s1. The molecule has 2 atom stereocenters. The summed E-state index contributed by atoms with van der Waals surface area (Å²) >= 11 is 0. The minimum absolute atomic E-state index is 0.0266. The Hall–Kier alpha value is -2.33. The van der Waals surface area contributed by atoms with Crippen LogP contribution >= 0.6 is 0 Å². The molecule has 0 radical (unpaired) electrons. The van der Waals surface area contributed by atoms with E-state index < -0.39 is 0 Å². The molecular weight excluding hydrogens is 288 g/mol. The molecule has 0 heterocycles. The molecule has 120 valence electrons. The zero-order valence-electron chi connectivity index (χ0n) is 13.1. The summed E-state index contributed by atoms with van der Waals surface area (Å²) in [5.74, 6) is 1.87. The monoisotopic (exact) mass is 310 g/mol. The number of amides is 1. The predicted octanol–water partition coefficient (Wildman–Crippen LogP) is 3.79. The maximum atomic E-state index is 12.4. The average molecular weight is 310 g/mol. The summed E-state index contributed by atoms with van der Waals surface area (Å²) in [5.41, 5.74) is 6.52. The fourth-order valence-electron chi connectivity index (χ4n) is 3.16. The molecule has 0 aliphatic heterocycles. The van der Waals surface area contributed by atoms with Crippen molar-refractivity contribution in [1.82, 2.24) is 0 Å². The van der Waals surface area contributed by atoms with Crippen molar-refractivity contribution >= 4 is 11.6 Å². The van der Waals surface area contributed by atoms with Gasteiger partial charge in [0, 0.05) is 17.7 Å². The quantitative estimate of drug-likeness (QED) is 0.883. The van der Waals surface area contributed by atoms with Gasteiger partial charge in [-0.05, 0) is 49.6 Å². The first-order valence-electron chi connectivity index (χ1n) is 8.10. The first-order chi connectivity index (χ1) is 11.3. The molecule has 0 unspecified atom stereocenters. The lowest BCUT2D eigenvalue weighted by molar-refractivity contribution is -0.120. The first-order valence-corrected chi connectivity index (χ1v) is 8.10. The largest absolute Gasteiger partial charge is 0.457 e. The molecule has 1 saturated carbocycles. The molecule has 23 heavy (non-hydrogen) atoms. The van der Waals surface area contributed by atoms with Crippen LogP contribution in [0.4, 0.5) is 5.69 Å². The van der Waals surface area contributed by atoms with Gasteiger partial charge in [-0.3, -0.25) is 4.79 Å². The number of nitrogens with one attached hydrogen (secondary N) is 1. The molecule has 0 bridgehead atoms. The van der Waals surface area contributed by atoms with E-state index in [9.17, 15) is 4.79 Å². The smallest absolute Gasteiger partial charge is 0.227 e. The predicted molar refractivity (Wildman–Crippen MR) is 91.5 cm³/mol. The molecule has 1 aliphatic carbocycles. The number of para-hydroxylation sites is 1. The average Bonchev–Trinajstić information content (AvgIpc) is 3.05. The van der Waals surface area contributed by atoms with E-state index in [4.69, 9.17) is 10.5 Å². The van der Waals surface area contributed by atoms with Gasteiger partial charge >= 0.3 is 0 Å². The topological polar surface area (TPSA) is 64.4 Å². The summed E-state index contributed by atoms with van der Waals surface area (Å²) in [6, 6.07) is 17.1. The van der Waals surface area contributed by atoms with Crippen molar-refractivity contribution in [2.45, 2.75) is 19.3 Å². The van der Waals surface area contributed by atoms with Crippen LogP contribution < -0.4 is 15.8 Å². The maximum absolute atomic E-state index is 12.4. The molecular formula is C19H22N2O2. The van der Waals surface area contributed by atoms with Gasteiger partial charge in [-0.25, -0.2) is 0 Å². The normalized spacial score (nSPS) is 20.2. The van der Waals surface area contributed by atoms with Gasteiger partial charge in [-0.2, -0.15) is 0 Å². The Morgan fingerprint density at radius 1 is 1.09 bits per heavy atom. The van der Waals surface area contributed by atoms with Gasteiger partial charge in [-0.15, -0.1) is 0 Å². The highest BCUT2D eigenvalue weighted by molar-refractivity contribution is 5.93. The van der Waals surface area contributed by atoms with Crippen molar-refractivity contribution in [2.75, 3.05) is 11.9 Å². The van der Waals surface area contributed by atoms with Gasteiger partial charge in [0.2, 0.25) is 5.91 Å². The van der Waals surface area contributed by atoms with Crippen LogP contribution in [0.5, 0.6) is 11.5 Å². The van der Waals surface area contributed by atoms with E-state index in [1.807, 2.05) is 54.6 Å². The number of nitrogens with two attached hydrogens (primary N) is 1. The second-order valence-electron chi connectivity index (χ2n) is 5.97. The van der Waals surface area contributed by atoms with Crippen molar-refractivity contribution < 1.29 is 9.53 Å². The Morgan fingerprint density at radius 2 is 1.87 bits per heavy atom. The number of carbonyl (C=O) groups is 1. The maximum Gasteiger partial charge on any atom is 0.227 e. The number of rotatable bonds is 5. The van der Waals surface area contributed by atoms with Gasteiger partial charge in [0.05, 0.1) is 0 Å². The Morgan fingerprint density at radius 3 is 2.65 bits per heavy atom. The molecule has 2 aromatic carbocycles. The van der Waals surface area contributed by atoms with Crippen molar-refractivity contribution in [2.24, 2.45) is 17.6 Å². The lowest BCUT2D eigenvalue weighted by Gasteiger charge is -2.17. The van der Waals surface area contributed by atoms with Gasteiger partial charge in [0.1, 0.15) is 11.5 Å². The van der Waals surface area contributed by atoms with Crippen LogP contribution in [0, 0.1) is 11.8 Å². The summed E-state index contributed by atoms with van der Waals surface area (Å²) in [6.07, 6.45) is 3.05. The molecule has 1 aliphatic rings. The number of hydrogen-bond acceptors (Lipinski definition) is 3. The highest BCUT2D eigenvalue weighted by Crippen LogP contribution is 2.32. The third-order valence-electron chi connectivity index (χ3n) is 4.38. The lowest BCUT2D eigenvalue weighted by atomic mass is 9.95. The fourth-order valence-corrected chi connectivity index (χ4v) is 3.16. The summed E-state index contributed by atoms with van der Waals surface area (Å²) < 4.78 is 5.80. The van der Waals surface area contributed by atoms with Crippen molar-refractivity contribution in [3.8, 4) is 11.5 Å². The van der Waals surface area contributed by atoms with Crippen LogP contribution in [0.3, 0.4) is 0 Å². The molecule has 0 aromatic heterocycles. The second-order valence-corrected chi connectivity index (χ2v) is 5.97. The highest BCUT2D eigenvalue weighted by Gasteiger charge is 2.31. The summed E-state index contributed by atoms with van der Waals surface area (Å²) in [5, 5.41) is 3.00. The number of carbonyl (C=O) groups excluding carboxylic acids is 1. The van der Waals surface area contributed by atoms with E-state index in [1.165, 1.54) is 0 Å². The lowest BCUT2D eigenvalue weighted by Crippen LogP contribution is -2.29. The van der Waals surface area contributed by atoms with Crippen LogP contribution in [0.2, 0.25) is 0 Å². The van der Waals surface area contributed by atoms with E-state index in [0.717, 1.165) is 30.7 Å². The highest BCUT2D eigenvalue weighted by atomic mass is 16.5. The third-order valence-corrected chi connectivity index (χ3v) is 4.38. The van der Waals surface area contributed by atoms with Crippen LogP contribution in [0.1, 0.15) is 19.3 Å². The molecule has 4 heteroatoms. The van der Waals surface area contributed by atoms with Gasteiger partial charge < -0.3 is 15.8 Å². The fraction of sp³-hybridized carbons (Fsp3) is 0.316. The van der Waals surface area contributed by atoms with Gasteiger partial charge in [0.15, 0.2) is 0 Å². The number of benzene rings is 2. The minimum Gasteiger partial charge on any atom is -0.457 e. The molecule has 1 amide bonds. The van der Waals surface area contributed by atoms with Gasteiger partial charge in [0.25, 0.3) is 0 Å². The van der Waals surface area contributed by atoms with E-state index in [2.05, 4.69) is 5.32 Å². The van der Waals surface area contributed by atoms with E-state index in [0.29, 0.717) is 18.2 Å². The van der Waals surface area contributed by atoms with E-state index >= 15 is 0 Å². The number of ether oxygens (including phenoxy) is 1. The number of hydrogen-bond donors (Lipinski definition) is 2. The van der Waals surface area contributed by atoms with E-state index in [1.54, 1.807) is 0 Å². The second kappa shape index (κ2) is 7.29. The Kier molecular flexibility index (Phi) is 4.93. The number of anilines is 1. The van der Waals surface area contributed by atoms with Crippen LogP contribution in [0.15, 0.2) is 54.6 Å². The first kappa shape index (κ1) is 15.6. The van der Waals surface area contributed by atoms with Crippen molar-refractivity contribution in [3.63, 3.8) is 0 Å². The zero-order valence-corrected chi connectivity index (χ0v) is 13.1. The SMILES string of the molecule is NC[C@H]1CCC[C@H]1C(=O)Nc1cccc(Oc2ccccc2)c1. The summed E-state index contributed by atoms with van der Waals surface area (Å²) in [6.45, 7) is 0.579. The van der Waals surface area contributed by atoms with Crippen molar-refractivity contribution in [3.05, 3.63) is 54.6 Å². The Balaban J connectivity index is 1.66. The minimum atomic E-state index is 0.0266. The third kappa shape index (κ3) is 3.90. The molecule has 1 fully saturated rings. The summed E-state index contributed by atoms with van der Waals surface area (Å²) in [7, 11) is 0. The van der Waals surface area contributed by atoms with Gasteiger partial charge in [-0.1, -0.05) is 30.7 Å². The van der Waals surface area contributed by atoms with Crippen molar-refractivity contribution in [1.29, 1.82) is 0 Å². The summed E-state index contributed by atoms with van der Waals surface area (Å²) in [4.78, 5) is 12.4. The molecule has 2 aromatic rings. The molecule has 4 nitrogen and oxygen atoms in total. The van der Waals surface area contributed by atoms with Crippen LogP contribution in [-0.2, 0) is 4.79 Å². The van der Waals surface area contributed by atoms with E-state index in [-0.39, 0.29) is 11.8 Å². The zero-order chi connectivity index (χ0) is 16.1. The Labute approximate surface area is 136 Å². The molecule has 0 spiro atoms. The van der Waals surface area contributed by atoms with Crippen LogP contribution in [0.25, 0.3) is 0 Å². The Bertz CT molecular complexity index is 657. The molecule has 3 rings (SSSR count).